The number of halogens is 3. The number of nitrogens with zero attached hydrogens (tertiary/aromatic N) is 1. The highest BCUT2D eigenvalue weighted by Gasteiger charge is 2.44. The predicted octanol–water partition coefficient (Wildman–Crippen LogP) is 3.12. The van der Waals surface area contributed by atoms with Gasteiger partial charge >= 0.3 is 12.1 Å². The lowest BCUT2D eigenvalue weighted by Crippen LogP contribution is -2.13. The van der Waals surface area contributed by atoms with E-state index in [0.717, 1.165) is 25.1 Å². The van der Waals surface area contributed by atoms with Crippen molar-refractivity contribution in [2.45, 2.75) is 30.3 Å². The van der Waals surface area contributed by atoms with Crippen LogP contribution in [-0.4, -0.2) is 23.8 Å². The number of ether oxygens (including phenoxy) is 1. The van der Waals surface area contributed by atoms with Gasteiger partial charge in [-0.3, -0.25) is 4.79 Å². The summed E-state index contributed by atoms with van der Waals surface area (Å²) in [6.07, 6.45) is -1.45. The first-order valence-corrected chi connectivity index (χ1v) is 7.27. The molecular weight excluding hydrogens is 305 g/mol. The van der Waals surface area contributed by atoms with Gasteiger partial charge in [0.05, 0.1) is 25.4 Å². The Morgan fingerprint density at radius 2 is 2.19 bits per heavy atom. The first-order chi connectivity index (χ1) is 9.76. The number of nitrogen functional groups attached to an aromatic ring is 1. The molecule has 1 saturated carbocycles. The van der Waals surface area contributed by atoms with Crippen LogP contribution >= 0.6 is 11.8 Å². The zero-order valence-corrected chi connectivity index (χ0v) is 12.2. The highest BCUT2D eigenvalue weighted by atomic mass is 32.2. The number of methoxy groups -OCH3 is 1. The van der Waals surface area contributed by atoms with E-state index in [2.05, 4.69) is 9.72 Å². The molecule has 1 aromatic heterocycles. The summed E-state index contributed by atoms with van der Waals surface area (Å²) in [7, 11) is 1.32. The SMILES string of the molecule is COC(=O)CC1(CSc2cc(C(F)(F)F)ncc2N)CC1. The van der Waals surface area contributed by atoms with Crippen molar-refractivity contribution in [3.05, 3.63) is 18.0 Å². The van der Waals surface area contributed by atoms with E-state index in [1.54, 1.807) is 0 Å². The molecule has 1 heterocycles. The van der Waals surface area contributed by atoms with Crippen LogP contribution in [0.1, 0.15) is 25.0 Å². The minimum atomic E-state index is -4.49. The molecule has 116 valence electrons. The Labute approximate surface area is 124 Å². The predicted molar refractivity (Wildman–Crippen MR) is 72.7 cm³/mol. The maximum Gasteiger partial charge on any atom is 0.433 e. The maximum absolute atomic E-state index is 12.6. The second-order valence-electron chi connectivity index (χ2n) is 5.15. The molecule has 0 aromatic carbocycles. The van der Waals surface area contributed by atoms with Gasteiger partial charge in [-0.1, -0.05) is 0 Å². The zero-order chi connectivity index (χ0) is 15.7. The lowest BCUT2D eigenvalue weighted by atomic mass is 10.1. The van der Waals surface area contributed by atoms with Crippen molar-refractivity contribution in [1.82, 2.24) is 4.98 Å². The summed E-state index contributed by atoms with van der Waals surface area (Å²) in [6, 6.07) is 0.953. The van der Waals surface area contributed by atoms with Crippen LogP contribution in [0.15, 0.2) is 17.2 Å². The van der Waals surface area contributed by atoms with Gasteiger partial charge in [0.15, 0.2) is 0 Å². The molecule has 0 spiro atoms. The average molecular weight is 320 g/mol. The van der Waals surface area contributed by atoms with Gasteiger partial charge in [0.1, 0.15) is 5.69 Å². The van der Waals surface area contributed by atoms with Crippen molar-refractivity contribution < 1.29 is 22.7 Å². The molecule has 1 aromatic rings. The standard InChI is InChI=1S/C13H15F3N2O2S/c1-20-11(19)5-12(2-3-12)7-21-9-4-10(13(14,15)16)18-6-8(9)17/h4,6H,2-3,5,7,17H2,1H3. The van der Waals surface area contributed by atoms with Gasteiger partial charge < -0.3 is 10.5 Å². The topological polar surface area (TPSA) is 65.2 Å². The van der Waals surface area contributed by atoms with Crippen molar-refractivity contribution in [3.63, 3.8) is 0 Å². The number of aromatic nitrogens is 1. The third-order valence-corrected chi connectivity index (χ3v) is 4.84. The van der Waals surface area contributed by atoms with Crippen molar-refractivity contribution in [2.75, 3.05) is 18.6 Å². The van der Waals surface area contributed by atoms with Gasteiger partial charge in [0, 0.05) is 10.6 Å². The van der Waals surface area contributed by atoms with E-state index in [-0.39, 0.29) is 23.5 Å². The number of hydrogen-bond acceptors (Lipinski definition) is 5. The van der Waals surface area contributed by atoms with Gasteiger partial charge in [0.25, 0.3) is 0 Å². The van der Waals surface area contributed by atoms with E-state index in [9.17, 15) is 18.0 Å². The maximum atomic E-state index is 12.6. The number of carbonyl (C=O) groups excluding carboxylic acids is 1. The molecule has 21 heavy (non-hydrogen) atoms. The van der Waals surface area contributed by atoms with E-state index in [1.807, 2.05) is 0 Å². The van der Waals surface area contributed by atoms with Gasteiger partial charge in [-0.2, -0.15) is 13.2 Å². The van der Waals surface area contributed by atoms with Crippen LogP contribution in [0.25, 0.3) is 0 Å². The van der Waals surface area contributed by atoms with Crippen LogP contribution in [0.5, 0.6) is 0 Å². The summed E-state index contributed by atoms with van der Waals surface area (Å²) in [5.41, 5.74) is 4.74. The Morgan fingerprint density at radius 3 is 2.71 bits per heavy atom. The molecule has 8 heteroatoms. The molecular formula is C13H15F3N2O2S. The number of pyridine rings is 1. The molecule has 0 saturated heterocycles. The molecule has 2 rings (SSSR count). The molecule has 4 nitrogen and oxygen atoms in total. The van der Waals surface area contributed by atoms with E-state index in [4.69, 9.17) is 5.73 Å². The van der Waals surface area contributed by atoms with Crippen molar-refractivity contribution in [2.24, 2.45) is 5.41 Å². The van der Waals surface area contributed by atoms with E-state index in [1.165, 1.54) is 18.9 Å². The molecule has 1 aliphatic carbocycles. The largest absolute Gasteiger partial charge is 0.469 e. The van der Waals surface area contributed by atoms with Crippen molar-refractivity contribution in [3.8, 4) is 0 Å². The Hall–Kier alpha value is -1.44. The minimum Gasteiger partial charge on any atom is -0.469 e. The van der Waals surface area contributed by atoms with Crippen LogP contribution in [0.3, 0.4) is 0 Å². The number of rotatable bonds is 5. The lowest BCUT2D eigenvalue weighted by molar-refractivity contribution is -0.142. The summed E-state index contributed by atoms with van der Waals surface area (Å²) < 4.78 is 42.5. The highest BCUT2D eigenvalue weighted by molar-refractivity contribution is 7.99. The molecule has 1 fully saturated rings. The number of carbonyl (C=O) groups is 1. The number of alkyl halides is 3. The van der Waals surface area contributed by atoms with Crippen molar-refractivity contribution >= 4 is 23.4 Å². The lowest BCUT2D eigenvalue weighted by Gasteiger charge is -2.15. The molecule has 0 unspecified atom stereocenters. The van der Waals surface area contributed by atoms with Crippen molar-refractivity contribution in [1.29, 1.82) is 0 Å². The molecule has 0 radical (unpaired) electrons. The third kappa shape index (κ3) is 4.03. The molecule has 0 amide bonds. The third-order valence-electron chi connectivity index (χ3n) is 3.42. The Balaban J connectivity index is 2.05. The first-order valence-electron chi connectivity index (χ1n) is 6.28. The molecule has 1 aliphatic rings. The van der Waals surface area contributed by atoms with Crippen LogP contribution in [0, 0.1) is 5.41 Å². The number of nitrogens with two attached hydrogens (primary N) is 1. The summed E-state index contributed by atoms with van der Waals surface area (Å²) in [6.45, 7) is 0. The summed E-state index contributed by atoms with van der Waals surface area (Å²) in [5.74, 6) is 0.236. The summed E-state index contributed by atoms with van der Waals surface area (Å²) >= 11 is 1.23. The number of thioether (sulfide) groups is 1. The van der Waals surface area contributed by atoms with Gasteiger partial charge in [0.2, 0.25) is 0 Å². The highest BCUT2D eigenvalue weighted by Crippen LogP contribution is 2.52. The average Bonchev–Trinajstić information content (AvgIpc) is 3.16. The molecule has 0 bridgehead atoms. The number of esters is 1. The molecule has 0 atom stereocenters. The Kier molecular flexibility index (Phi) is 4.36. The second-order valence-corrected chi connectivity index (χ2v) is 6.16. The minimum absolute atomic E-state index is 0.175. The smallest absolute Gasteiger partial charge is 0.433 e. The fraction of sp³-hybridized carbons (Fsp3) is 0.538. The number of hydrogen-bond donors (Lipinski definition) is 1. The van der Waals surface area contributed by atoms with Gasteiger partial charge in [-0.15, -0.1) is 11.8 Å². The number of anilines is 1. The van der Waals surface area contributed by atoms with Crippen LogP contribution in [0.4, 0.5) is 18.9 Å². The van der Waals surface area contributed by atoms with E-state index < -0.39 is 11.9 Å². The van der Waals surface area contributed by atoms with Crippen LogP contribution in [-0.2, 0) is 15.7 Å². The zero-order valence-electron chi connectivity index (χ0n) is 11.4. The summed E-state index contributed by atoms with van der Waals surface area (Å²) in [5, 5.41) is 0. The molecule has 2 N–H and O–H groups in total. The second kappa shape index (κ2) is 5.75. The Morgan fingerprint density at radius 1 is 1.52 bits per heavy atom. The van der Waals surface area contributed by atoms with Crippen LogP contribution in [0.2, 0.25) is 0 Å². The Bertz CT molecular complexity index is 545. The van der Waals surface area contributed by atoms with E-state index >= 15 is 0 Å². The van der Waals surface area contributed by atoms with Crippen LogP contribution < -0.4 is 5.73 Å². The fourth-order valence-corrected chi connectivity index (χ4v) is 3.15. The van der Waals surface area contributed by atoms with Gasteiger partial charge in [-0.25, -0.2) is 4.98 Å². The summed E-state index contributed by atoms with van der Waals surface area (Å²) in [4.78, 5) is 15.0. The normalized spacial score (nSPS) is 16.6. The monoisotopic (exact) mass is 320 g/mol. The van der Waals surface area contributed by atoms with Gasteiger partial charge in [-0.05, 0) is 24.3 Å². The fourth-order valence-electron chi connectivity index (χ4n) is 1.89. The quantitative estimate of drug-likeness (QED) is 0.667. The first kappa shape index (κ1) is 15.9. The van der Waals surface area contributed by atoms with E-state index in [0.29, 0.717) is 10.6 Å². The molecule has 0 aliphatic heterocycles.